The molecule has 2 aliphatic rings. The molecule has 0 aromatic heterocycles. The molecule has 0 aromatic carbocycles. The van der Waals surface area contributed by atoms with Gasteiger partial charge in [0.05, 0.1) is 13.2 Å². The fraction of sp³-hybridized carbons (Fsp3) is 1.00. The van der Waals surface area contributed by atoms with E-state index in [9.17, 15) is 8.78 Å². The largest absolute Gasteiger partial charge is 0.353 e. The van der Waals surface area contributed by atoms with E-state index in [-0.39, 0.29) is 18.1 Å². The third kappa shape index (κ3) is 5.19. The summed E-state index contributed by atoms with van der Waals surface area (Å²) in [7, 11) is 0. The second kappa shape index (κ2) is 7.39. The van der Waals surface area contributed by atoms with E-state index in [4.69, 9.17) is 9.47 Å². The molecule has 1 saturated carbocycles. The van der Waals surface area contributed by atoms with Crippen LogP contribution in [0.5, 0.6) is 0 Å². The molecule has 0 aromatic rings. The number of hydrogen-bond acceptors (Lipinski definition) is 2. The van der Waals surface area contributed by atoms with Gasteiger partial charge in [0.15, 0.2) is 6.29 Å². The molecule has 2 nitrogen and oxygen atoms in total. The summed E-state index contributed by atoms with van der Waals surface area (Å²) in [4.78, 5) is 0. The summed E-state index contributed by atoms with van der Waals surface area (Å²) in [6, 6.07) is 0. The minimum atomic E-state index is -0.918. The van der Waals surface area contributed by atoms with Crippen LogP contribution in [0.15, 0.2) is 0 Å². The van der Waals surface area contributed by atoms with Crippen molar-refractivity contribution in [2.75, 3.05) is 13.2 Å². The average molecular weight is 264 g/mol. The Balaban J connectivity index is 0.000000184. The van der Waals surface area contributed by atoms with Crippen LogP contribution < -0.4 is 0 Å². The van der Waals surface area contributed by atoms with Crippen LogP contribution in [0.1, 0.15) is 40.5 Å². The van der Waals surface area contributed by atoms with Gasteiger partial charge in [-0.15, -0.1) is 0 Å². The summed E-state index contributed by atoms with van der Waals surface area (Å²) in [5.41, 5.74) is 0. The summed E-state index contributed by atoms with van der Waals surface area (Å²) < 4.78 is 36.0. The molecule has 0 amide bonds. The number of rotatable bonds is 0. The SMILES string of the molecule is CC1CC(F)C(C)C(F)C1.CC1COC(C)OC1. The van der Waals surface area contributed by atoms with Gasteiger partial charge in [-0.3, -0.25) is 0 Å². The maximum atomic E-state index is 12.8. The highest BCUT2D eigenvalue weighted by Crippen LogP contribution is 2.32. The maximum absolute atomic E-state index is 12.8. The van der Waals surface area contributed by atoms with Gasteiger partial charge in [0, 0.05) is 11.8 Å². The van der Waals surface area contributed by atoms with E-state index in [1.807, 2.05) is 13.8 Å². The topological polar surface area (TPSA) is 18.5 Å². The van der Waals surface area contributed by atoms with Crippen LogP contribution in [0, 0.1) is 17.8 Å². The van der Waals surface area contributed by atoms with Gasteiger partial charge in [-0.1, -0.05) is 20.8 Å². The van der Waals surface area contributed by atoms with Crippen LogP contribution in [0.2, 0.25) is 0 Å². The summed E-state index contributed by atoms with van der Waals surface area (Å²) in [6.45, 7) is 9.30. The Morgan fingerprint density at radius 2 is 1.22 bits per heavy atom. The lowest BCUT2D eigenvalue weighted by Crippen LogP contribution is -2.32. The first kappa shape index (κ1) is 15.8. The van der Waals surface area contributed by atoms with Gasteiger partial charge in [-0.05, 0) is 25.7 Å². The van der Waals surface area contributed by atoms with Crippen molar-refractivity contribution in [2.24, 2.45) is 17.8 Å². The standard InChI is InChI=1S/C8H14F2.C6H12O2/c1-5-3-7(9)6(2)8(10)4-5;1-5-3-7-6(2)8-4-5/h5-8H,3-4H2,1-2H3;5-6H,3-4H2,1-2H3. The molecule has 2 atom stereocenters. The highest BCUT2D eigenvalue weighted by atomic mass is 19.1. The van der Waals surface area contributed by atoms with Gasteiger partial charge in [0.2, 0.25) is 0 Å². The summed E-state index contributed by atoms with van der Waals surface area (Å²) in [6.07, 6.45) is -0.730. The third-order valence-corrected chi connectivity index (χ3v) is 3.63. The maximum Gasteiger partial charge on any atom is 0.154 e. The number of hydrogen-bond donors (Lipinski definition) is 0. The van der Waals surface area contributed by atoms with Crippen molar-refractivity contribution in [1.82, 2.24) is 0 Å². The molecule has 1 heterocycles. The zero-order valence-electron chi connectivity index (χ0n) is 11.9. The molecule has 2 unspecified atom stereocenters. The number of alkyl halides is 2. The molecular weight excluding hydrogens is 238 g/mol. The first-order chi connectivity index (χ1) is 8.40. The fourth-order valence-electron chi connectivity index (χ4n) is 2.22. The van der Waals surface area contributed by atoms with Crippen LogP contribution in [0.4, 0.5) is 8.78 Å². The zero-order chi connectivity index (χ0) is 13.7. The Kier molecular flexibility index (Phi) is 6.50. The molecule has 0 radical (unpaired) electrons. The molecule has 1 saturated heterocycles. The minimum absolute atomic E-state index is 0.0196. The third-order valence-electron chi connectivity index (χ3n) is 3.63. The Morgan fingerprint density at radius 1 is 0.778 bits per heavy atom. The van der Waals surface area contributed by atoms with E-state index < -0.39 is 12.3 Å². The number of ether oxygens (including phenoxy) is 2. The predicted octanol–water partition coefficient (Wildman–Crippen LogP) is 3.74. The van der Waals surface area contributed by atoms with E-state index in [1.54, 1.807) is 6.92 Å². The van der Waals surface area contributed by atoms with E-state index >= 15 is 0 Å². The molecule has 1 aliphatic carbocycles. The molecule has 2 rings (SSSR count). The lowest BCUT2D eigenvalue weighted by molar-refractivity contribution is -0.187. The molecule has 108 valence electrons. The highest BCUT2D eigenvalue weighted by Gasteiger charge is 2.33. The lowest BCUT2D eigenvalue weighted by Gasteiger charge is -2.30. The van der Waals surface area contributed by atoms with E-state index in [0.717, 1.165) is 13.2 Å². The van der Waals surface area contributed by atoms with Crippen molar-refractivity contribution in [3.05, 3.63) is 0 Å². The van der Waals surface area contributed by atoms with Gasteiger partial charge >= 0.3 is 0 Å². The zero-order valence-corrected chi connectivity index (χ0v) is 11.9. The van der Waals surface area contributed by atoms with Crippen molar-refractivity contribution in [3.63, 3.8) is 0 Å². The van der Waals surface area contributed by atoms with E-state index in [0.29, 0.717) is 18.8 Å². The van der Waals surface area contributed by atoms with Crippen LogP contribution in [-0.2, 0) is 9.47 Å². The average Bonchev–Trinajstić information content (AvgIpc) is 2.31. The van der Waals surface area contributed by atoms with Gasteiger partial charge in [-0.25, -0.2) is 8.78 Å². The Morgan fingerprint density at radius 3 is 1.61 bits per heavy atom. The van der Waals surface area contributed by atoms with Crippen molar-refractivity contribution >= 4 is 0 Å². The van der Waals surface area contributed by atoms with E-state index in [1.165, 1.54) is 0 Å². The van der Waals surface area contributed by atoms with Crippen LogP contribution >= 0.6 is 0 Å². The molecule has 0 bridgehead atoms. The predicted molar refractivity (Wildman–Crippen MR) is 67.9 cm³/mol. The molecule has 0 spiro atoms. The smallest absolute Gasteiger partial charge is 0.154 e. The van der Waals surface area contributed by atoms with Crippen molar-refractivity contribution < 1.29 is 18.3 Å². The second-order valence-electron chi connectivity index (χ2n) is 5.81. The lowest BCUT2D eigenvalue weighted by atomic mass is 9.81. The van der Waals surface area contributed by atoms with Crippen LogP contribution in [0.25, 0.3) is 0 Å². The summed E-state index contributed by atoms with van der Waals surface area (Å²) in [5, 5.41) is 0. The van der Waals surface area contributed by atoms with Crippen LogP contribution in [-0.4, -0.2) is 31.8 Å². The Bertz CT molecular complexity index is 208. The normalized spacial score (nSPS) is 45.0. The number of halogens is 2. The highest BCUT2D eigenvalue weighted by molar-refractivity contribution is 4.82. The molecule has 18 heavy (non-hydrogen) atoms. The Hall–Kier alpha value is -0.220. The monoisotopic (exact) mass is 264 g/mol. The van der Waals surface area contributed by atoms with Crippen molar-refractivity contribution in [2.45, 2.75) is 59.2 Å². The molecule has 1 aliphatic heterocycles. The van der Waals surface area contributed by atoms with Gasteiger partial charge in [0.1, 0.15) is 12.3 Å². The van der Waals surface area contributed by atoms with Gasteiger partial charge in [-0.2, -0.15) is 0 Å². The fourth-order valence-corrected chi connectivity index (χ4v) is 2.22. The van der Waals surface area contributed by atoms with E-state index in [2.05, 4.69) is 6.92 Å². The van der Waals surface area contributed by atoms with Crippen molar-refractivity contribution in [3.8, 4) is 0 Å². The molecule has 0 N–H and O–H groups in total. The van der Waals surface area contributed by atoms with Crippen molar-refractivity contribution in [1.29, 1.82) is 0 Å². The molecular formula is C14H26F2O2. The van der Waals surface area contributed by atoms with Gasteiger partial charge < -0.3 is 9.47 Å². The molecule has 4 heteroatoms. The summed E-state index contributed by atoms with van der Waals surface area (Å²) >= 11 is 0. The Labute approximate surface area is 109 Å². The second-order valence-corrected chi connectivity index (χ2v) is 5.81. The first-order valence-corrected chi connectivity index (χ1v) is 6.91. The van der Waals surface area contributed by atoms with Crippen LogP contribution in [0.3, 0.4) is 0 Å². The van der Waals surface area contributed by atoms with Gasteiger partial charge in [0.25, 0.3) is 0 Å². The first-order valence-electron chi connectivity index (χ1n) is 6.91. The molecule has 2 fully saturated rings. The quantitative estimate of drug-likeness (QED) is 0.663. The summed E-state index contributed by atoms with van der Waals surface area (Å²) in [5.74, 6) is 0.420. The minimum Gasteiger partial charge on any atom is -0.353 e.